The minimum absolute atomic E-state index is 0.117. The van der Waals surface area contributed by atoms with Crippen molar-refractivity contribution in [1.29, 1.82) is 0 Å². The first-order valence-electron chi connectivity index (χ1n) is 7.40. The molecule has 2 rings (SSSR count). The zero-order chi connectivity index (χ0) is 13.8. The lowest BCUT2D eigenvalue weighted by Gasteiger charge is -2.41. The van der Waals surface area contributed by atoms with Gasteiger partial charge >= 0.3 is 0 Å². The van der Waals surface area contributed by atoms with E-state index in [-0.39, 0.29) is 12.1 Å². The van der Waals surface area contributed by atoms with Gasteiger partial charge in [0.1, 0.15) is 0 Å². The highest BCUT2D eigenvalue weighted by molar-refractivity contribution is 5.56. The standard InChI is InChI=1S/C16H26N2O/c1-4-13-11-19-12(3)10-18(13)16-9-7-6-8-14(16)15(17)5-2/h6-9,12-13,15H,4-5,10-11,17H2,1-3H3/t12?,13?,15-/m0/s1. The van der Waals surface area contributed by atoms with Crippen molar-refractivity contribution in [2.75, 3.05) is 18.1 Å². The summed E-state index contributed by atoms with van der Waals surface area (Å²) < 4.78 is 5.79. The summed E-state index contributed by atoms with van der Waals surface area (Å²) in [6.07, 6.45) is 2.35. The molecule has 3 nitrogen and oxygen atoms in total. The molecule has 0 radical (unpaired) electrons. The van der Waals surface area contributed by atoms with Crippen molar-refractivity contribution in [1.82, 2.24) is 0 Å². The van der Waals surface area contributed by atoms with E-state index in [9.17, 15) is 0 Å². The zero-order valence-corrected chi connectivity index (χ0v) is 12.3. The Bertz CT molecular complexity index is 407. The number of para-hydroxylation sites is 1. The summed E-state index contributed by atoms with van der Waals surface area (Å²) in [5.74, 6) is 0. The minimum Gasteiger partial charge on any atom is -0.375 e. The number of benzene rings is 1. The lowest BCUT2D eigenvalue weighted by atomic mass is 10.00. The average molecular weight is 262 g/mol. The molecule has 2 unspecified atom stereocenters. The van der Waals surface area contributed by atoms with Crippen molar-refractivity contribution < 1.29 is 4.74 Å². The molecule has 0 spiro atoms. The molecule has 1 aliphatic heterocycles. The summed E-state index contributed by atoms with van der Waals surface area (Å²) in [4.78, 5) is 2.49. The molecule has 1 fully saturated rings. The fraction of sp³-hybridized carbons (Fsp3) is 0.625. The van der Waals surface area contributed by atoms with E-state index in [4.69, 9.17) is 10.5 Å². The first-order chi connectivity index (χ1) is 9.17. The lowest BCUT2D eigenvalue weighted by Crippen LogP contribution is -2.49. The topological polar surface area (TPSA) is 38.5 Å². The van der Waals surface area contributed by atoms with Crippen LogP contribution in [0.3, 0.4) is 0 Å². The maximum absolute atomic E-state index is 6.27. The molecule has 106 valence electrons. The van der Waals surface area contributed by atoms with E-state index >= 15 is 0 Å². The second-order valence-corrected chi connectivity index (χ2v) is 5.43. The summed E-state index contributed by atoms with van der Waals surface area (Å²) in [7, 11) is 0. The Kier molecular flexibility index (Phi) is 4.83. The van der Waals surface area contributed by atoms with Crippen LogP contribution in [0.1, 0.15) is 45.2 Å². The summed E-state index contributed by atoms with van der Waals surface area (Å²) in [5.41, 5.74) is 8.82. The van der Waals surface area contributed by atoms with Crippen molar-refractivity contribution in [2.45, 2.75) is 51.8 Å². The van der Waals surface area contributed by atoms with Gasteiger partial charge in [-0.1, -0.05) is 32.0 Å². The van der Waals surface area contributed by atoms with E-state index in [0.717, 1.165) is 26.0 Å². The van der Waals surface area contributed by atoms with Gasteiger partial charge in [-0.25, -0.2) is 0 Å². The molecule has 1 aromatic carbocycles. The van der Waals surface area contributed by atoms with E-state index in [2.05, 4.69) is 49.9 Å². The maximum atomic E-state index is 6.27. The molecule has 1 aliphatic rings. The molecule has 0 amide bonds. The zero-order valence-electron chi connectivity index (χ0n) is 12.3. The third kappa shape index (κ3) is 3.10. The third-order valence-electron chi connectivity index (χ3n) is 4.02. The summed E-state index contributed by atoms with van der Waals surface area (Å²) in [5, 5.41) is 0. The van der Waals surface area contributed by atoms with Gasteiger partial charge in [0.25, 0.3) is 0 Å². The third-order valence-corrected chi connectivity index (χ3v) is 4.02. The Morgan fingerprint density at radius 3 is 2.79 bits per heavy atom. The largest absolute Gasteiger partial charge is 0.375 e. The second-order valence-electron chi connectivity index (χ2n) is 5.43. The monoisotopic (exact) mass is 262 g/mol. The van der Waals surface area contributed by atoms with Crippen molar-refractivity contribution in [3.05, 3.63) is 29.8 Å². The molecule has 0 aromatic heterocycles. The van der Waals surface area contributed by atoms with Gasteiger partial charge < -0.3 is 15.4 Å². The molecule has 1 saturated heterocycles. The van der Waals surface area contributed by atoms with Gasteiger partial charge in [-0.05, 0) is 31.4 Å². The van der Waals surface area contributed by atoms with Crippen LogP contribution in [0.25, 0.3) is 0 Å². The Morgan fingerprint density at radius 2 is 2.11 bits per heavy atom. The molecular formula is C16H26N2O. The lowest BCUT2D eigenvalue weighted by molar-refractivity contribution is 0.0298. The molecule has 3 atom stereocenters. The number of anilines is 1. The fourth-order valence-corrected chi connectivity index (χ4v) is 2.76. The first-order valence-corrected chi connectivity index (χ1v) is 7.40. The van der Waals surface area contributed by atoms with Gasteiger partial charge in [-0.15, -0.1) is 0 Å². The van der Waals surface area contributed by atoms with Crippen LogP contribution in [0.15, 0.2) is 24.3 Å². The van der Waals surface area contributed by atoms with E-state index in [1.54, 1.807) is 0 Å². The molecule has 19 heavy (non-hydrogen) atoms. The highest BCUT2D eigenvalue weighted by Crippen LogP contribution is 2.30. The number of nitrogens with zero attached hydrogens (tertiary/aromatic N) is 1. The van der Waals surface area contributed by atoms with Crippen molar-refractivity contribution in [3.63, 3.8) is 0 Å². The van der Waals surface area contributed by atoms with E-state index in [1.165, 1.54) is 11.3 Å². The van der Waals surface area contributed by atoms with Gasteiger partial charge in [0.15, 0.2) is 0 Å². The molecule has 1 heterocycles. The van der Waals surface area contributed by atoms with Crippen LogP contribution >= 0.6 is 0 Å². The Balaban J connectivity index is 2.33. The van der Waals surface area contributed by atoms with Crippen LogP contribution in [0.4, 0.5) is 5.69 Å². The predicted octanol–water partition coefficient (Wildman–Crippen LogP) is 3.10. The average Bonchev–Trinajstić information content (AvgIpc) is 2.46. The van der Waals surface area contributed by atoms with Gasteiger partial charge in [0.05, 0.1) is 18.8 Å². The molecule has 0 aliphatic carbocycles. The van der Waals surface area contributed by atoms with Crippen LogP contribution in [0.2, 0.25) is 0 Å². The maximum Gasteiger partial charge on any atom is 0.0723 e. The number of nitrogens with two attached hydrogens (primary N) is 1. The Hall–Kier alpha value is -1.06. The second kappa shape index (κ2) is 6.40. The molecular weight excluding hydrogens is 236 g/mol. The minimum atomic E-state index is 0.117. The summed E-state index contributed by atoms with van der Waals surface area (Å²) >= 11 is 0. The van der Waals surface area contributed by atoms with Crippen LogP contribution in [0.5, 0.6) is 0 Å². The summed E-state index contributed by atoms with van der Waals surface area (Å²) in [6, 6.07) is 9.13. The highest BCUT2D eigenvalue weighted by Gasteiger charge is 2.27. The number of morpholine rings is 1. The van der Waals surface area contributed by atoms with E-state index < -0.39 is 0 Å². The fourth-order valence-electron chi connectivity index (χ4n) is 2.76. The SMILES string of the molecule is CCC1COC(C)CN1c1ccccc1[C@@H](N)CC. The molecule has 2 N–H and O–H groups in total. The Labute approximate surface area is 116 Å². The van der Waals surface area contributed by atoms with Crippen LogP contribution in [-0.4, -0.2) is 25.3 Å². The first kappa shape index (κ1) is 14.4. The molecule has 0 saturated carbocycles. The van der Waals surface area contributed by atoms with Gasteiger partial charge in [0, 0.05) is 18.3 Å². The van der Waals surface area contributed by atoms with Crippen LogP contribution in [0, 0.1) is 0 Å². The van der Waals surface area contributed by atoms with Crippen LogP contribution < -0.4 is 10.6 Å². The van der Waals surface area contributed by atoms with Gasteiger partial charge in [-0.3, -0.25) is 0 Å². The smallest absolute Gasteiger partial charge is 0.0723 e. The summed E-state index contributed by atoms with van der Waals surface area (Å²) in [6.45, 7) is 8.26. The highest BCUT2D eigenvalue weighted by atomic mass is 16.5. The Morgan fingerprint density at radius 1 is 1.37 bits per heavy atom. The normalized spacial score (nSPS) is 25.4. The molecule has 0 bridgehead atoms. The van der Waals surface area contributed by atoms with Gasteiger partial charge in [-0.2, -0.15) is 0 Å². The predicted molar refractivity (Wildman–Crippen MR) is 80.5 cm³/mol. The van der Waals surface area contributed by atoms with Gasteiger partial charge in [0.2, 0.25) is 0 Å². The number of ether oxygens (including phenoxy) is 1. The van der Waals surface area contributed by atoms with Crippen LogP contribution in [-0.2, 0) is 4.74 Å². The van der Waals surface area contributed by atoms with Crippen molar-refractivity contribution >= 4 is 5.69 Å². The number of hydrogen-bond donors (Lipinski definition) is 1. The molecule has 3 heteroatoms. The van der Waals surface area contributed by atoms with E-state index in [0.29, 0.717) is 6.04 Å². The quantitative estimate of drug-likeness (QED) is 0.906. The number of rotatable bonds is 4. The van der Waals surface area contributed by atoms with Crippen molar-refractivity contribution in [2.24, 2.45) is 5.73 Å². The number of hydrogen-bond acceptors (Lipinski definition) is 3. The molecule has 1 aromatic rings. The van der Waals surface area contributed by atoms with E-state index in [1.807, 2.05) is 0 Å². The van der Waals surface area contributed by atoms with Crippen molar-refractivity contribution in [3.8, 4) is 0 Å².